The number of methoxy groups -OCH3 is 1. The van der Waals surface area contributed by atoms with E-state index in [1.807, 2.05) is 29.2 Å². The SMILES string of the molecule is COc1ccccc1CC(=O)N1CCC[C@@H](Oc2ncccn2)C1. The second-order valence-corrected chi connectivity index (χ2v) is 5.74. The molecule has 1 aromatic carbocycles. The van der Waals surface area contributed by atoms with Gasteiger partial charge >= 0.3 is 6.01 Å². The Balaban J connectivity index is 1.60. The predicted octanol–water partition coefficient (Wildman–Crippen LogP) is 2.10. The fraction of sp³-hybridized carbons (Fsp3) is 0.389. The molecule has 6 nitrogen and oxygen atoms in total. The minimum absolute atomic E-state index is 0.0669. The number of piperidine rings is 1. The molecule has 2 heterocycles. The molecule has 0 aliphatic carbocycles. The molecule has 1 aromatic heterocycles. The average molecular weight is 327 g/mol. The van der Waals surface area contributed by atoms with Gasteiger partial charge in [0, 0.05) is 24.5 Å². The maximum Gasteiger partial charge on any atom is 0.316 e. The van der Waals surface area contributed by atoms with Crippen LogP contribution >= 0.6 is 0 Å². The summed E-state index contributed by atoms with van der Waals surface area (Å²) in [5.41, 5.74) is 0.902. The molecule has 1 aliphatic heterocycles. The van der Waals surface area contributed by atoms with Gasteiger partial charge in [-0.25, -0.2) is 9.97 Å². The Labute approximate surface area is 141 Å². The van der Waals surface area contributed by atoms with E-state index in [2.05, 4.69) is 9.97 Å². The van der Waals surface area contributed by atoms with Crippen LogP contribution in [0.2, 0.25) is 0 Å². The minimum atomic E-state index is -0.0669. The smallest absolute Gasteiger partial charge is 0.316 e. The Bertz CT molecular complexity index is 678. The maximum absolute atomic E-state index is 12.6. The van der Waals surface area contributed by atoms with Crippen molar-refractivity contribution in [1.29, 1.82) is 0 Å². The van der Waals surface area contributed by atoms with E-state index >= 15 is 0 Å². The lowest BCUT2D eigenvalue weighted by Gasteiger charge is -2.32. The fourth-order valence-corrected chi connectivity index (χ4v) is 2.88. The highest BCUT2D eigenvalue weighted by atomic mass is 16.5. The number of rotatable bonds is 5. The molecule has 0 saturated carbocycles. The van der Waals surface area contributed by atoms with Crippen LogP contribution in [0.3, 0.4) is 0 Å². The number of likely N-dealkylation sites (tertiary alicyclic amines) is 1. The van der Waals surface area contributed by atoms with E-state index in [4.69, 9.17) is 9.47 Å². The van der Waals surface area contributed by atoms with Gasteiger partial charge in [0.15, 0.2) is 0 Å². The number of carbonyl (C=O) groups is 1. The van der Waals surface area contributed by atoms with Crippen LogP contribution in [0.25, 0.3) is 0 Å². The third-order valence-corrected chi connectivity index (χ3v) is 4.08. The normalized spacial score (nSPS) is 17.4. The van der Waals surface area contributed by atoms with Crippen LogP contribution in [0.4, 0.5) is 0 Å². The van der Waals surface area contributed by atoms with Gasteiger partial charge in [0.25, 0.3) is 0 Å². The molecule has 0 unspecified atom stereocenters. The highest BCUT2D eigenvalue weighted by Crippen LogP contribution is 2.20. The van der Waals surface area contributed by atoms with Crippen molar-refractivity contribution in [2.24, 2.45) is 0 Å². The lowest BCUT2D eigenvalue weighted by Crippen LogP contribution is -2.45. The van der Waals surface area contributed by atoms with Crippen LogP contribution in [0, 0.1) is 0 Å². The van der Waals surface area contributed by atoms with Gasteiger partial charge in [-0.15, -0.1) is 0 Å². The van der Waals surface area contributed by atoms with Crippen molar-refractivity contribution in [3.05, 3.63) is 48.3 Å². The van der Waals surface area contributed by atoms with Crippen molar-refractivity contribution >= 4 is 5.91 Å². The van der Waals surface area contributed by atoms with Gasteiger partial charge in [-0.3, -0.25) is 4.79 Å². The third-order valence-electron chi connectivity index (χ3n) is 4.08. The monoisotopic (exact) mass is 327 g/mol. The molecule has 2 aromatic rings. The number of ether oxygens (including phenoxy) is 2. The summed E-state index contributed by atoms with van der Waals surface area (Å²) in [6.45, 7) is 1.32. The number of nitrogens with zero attached hydrogens (tertiary/aromatic N) is 3. The molecule has 1 fully saturated rings. The first kappa shape index (κ1) is 16.2. The van der Waals surface area contributed by atoms with Crippen LogP contribution in [0.5, 0.6) is 11.8 Å². The zero-order valence-corrected chi connectivity index (χ0v) is 13.7. The minimum Gasteiger partial charge on any atom is -0.496 e. The molecule has 0 spiro atoms. The molecule has 1 amide bonds. The first-order valence-corrected chi connectivity index (χ1v) is 8.09. The van der Waals surface area contributed by atoms with Crippen LogP contribution in [0.1, 0.15) is 18.4 Å². The number of hydrogen-bond donors (Lipinski definition) is 0. The number of amides is 1. The molecule has 24 heavy (non-hydrogen) atoms. The largest absolute Gasteiger partial charge is 0.496 e. The summed E-state index contributed by atoms with van der Waals surface area (Å²) in [5.74, 6) is 0.829. The van der Waals surface area contributed by atoms with Gasteiger partial charge in [-0.1, -0.05) is 18.2 Å². The van der Waals surface area contributed by atoms with E-state index in [0.717, 1.165) is 30.7 Å². The molecule has 3 rings (SSSR count). The first-order valence-electron chi connectivity index (χ1n) is 8.09. The van der Waals surface area contributed by atoms with Crippen LogP contribution < -0.4 is 9.47 Å². The van der Waals surface area contributed by atoms with Crippen molar-refractivity contribution in [3.8, 4) is 11.8 Å². The first-order chi connectivity index (χ1) is 11.8. The van der Waals surface area contributed by atoms with Crippen LogP contribution in [-0.2, 0) is 11.2 Å². The van der Waals surface area contributed by atoms with Gasteiger partial charge in [-0.2, -0.15) is 0 Å². The predicted molar refractivity (Wildman–Crippen MR) is 89.0 cm³/mol. The lowest BCUT2D eigenvalue weighted by atomic mass is 10.1. The van der Waals surface area contributed by atoms with Crippen molar-refractivity contribution in [2.45, 2.75) is 25.4 Å². The molecule has 1 saturated heterocycles. The highest BCUT2D eigenvalue weighted by molar-refractivity contribution is 5.79. The molecule has 0 bridgehead atoms. The van der Waals surface area contributed by atoms with Crippen molar-refractivity contribution in [3.63, 3.8) is 0 Å². The van der Waals surface area contributed by atoms with E-state index in [1.165, 1.54) is 0 Å². The van der Waals surface area contributed by atoms with Crippen molar-refractivity contribution < 1.29 is 14.3 Å². The fourth-order valence-electron chi connectivity index (χ4n) is 2.88. The van der Waals surface area contributed by atoms with Gasteiger partial charge in [0.05, 0.1) is 20.1 Å². The van der Waals surface area contributed by atoms with Gasteiger partial charge in [0.2, 0.25) is 5.91 Å². The van der Waals surface area contributed by atoms with Gasteiger partial charge in [-0.05, 0) is 25.0 Å². The average Bonchev–Trinajstić information content (AvgIpc) is 2.63. The molecular weight excluding hydrogens is 306 g/mol. The lowest BCUT2D eigenvalue weighted by molar-refractivity contribution is -0.133. The standard InChI is InChI=1S/C18H21N3O3/c1-23-16-8-3-2-6-14(16)12-17(22)21-11-4-7-15(13-21)24-18-19-9-5-10-20-18/h2-3,5-6,8-10,15H,4,7,11-13H2,1H3/t15-/m1/s1. The van der Waals surface area contributed by atoms with Crippen LogP contribution in [-0.4, -0.2) is 47.1 Å². The summed E-state index contributed by atoms with van der Waals surface area (Å²) in [6.07, 6.45) is 5.37. The Hall–Kier alpha value is -2.63. The summed E-state index contributed by atoms with van der Waals surface area (Å²) in [4.78, 5) is 22.6. The van der Waals surface area contributed by atoms with Gasteiger partial charge in [0.1, 0.15) is 11.9 Å². The second-order valence-electron chi connectivity index (χ2n) is 5.74. The Morgan fingerprint density at radius 1 is 1.25 bits per heavy atom. The summed E-state index contributed by atoms with van der Waals surface area (Å²) in [6, 6.07) is 9.72. The topological polar surface area (TPSA) is 64.5 Å². The maximum atomic E-state index is 12.6. The molecule has 1 aliphatic rings. The Morgan fingerprint density at radius 2 is 2.04 bits per heavy atom. The number of para-hydroxylation sites is 1. The number of benzene rings is 1. The van der Waals surface area contributed by atoms with E-state index in [1.54, 1.807) is 25.6 Å². The molecule has 6 heteroatoms. The quantitative estimate of drug-likeness (QED) is 0.841. The summed E-state index contributed by atoms with van der Waals surface area (Å²) < 4.78 is 11.1. The Morgan fingerprint density at radius 3 is 2.83 bits per heavy atom. The number of aromatic nitrogens is 2. The molecular formula is C18H21N3O3. The summed E-state index contributed by atoms with van der Waals surface area (Å²) in [7, 11) is 1.62. The molecule has 0 radical (unpaired) electrons. The third kappa shape index (κ3) is 4.01. The van der Waals surface area contributed by atoms with Crippen LogP contribution in [0.15, 0.2) is 42.7 Å². The van der Waals surface area contributed by atoms with E-state index in [0.29, 0.717) is 19.0 Å². The molecule has 126 valence electrons. The molecule has 0 N–H and O–H groups in total. The Kier molecular flexibility index (Phi) is 5.25. The zero-order chi connectivity index (χ0) is 16.8. The van der Waals surface area contributed by atoms with Gasteiger partial charge < -0.3 is 14.4 Å². The van der Waals surface area contributed by atoms with Crippen molar-refractivity contribution in [1.82, 2.24) is 14.9 Å². The molecule has 1 atom stereocenters. The zero-order valence-electron chi connectivity index (χ0n) is 13.7. The van der Waals surface area contributed by atoms with E-state index < -0.39 is 0 Å². The second kappa shape index (κ2) is 7.77. The highest BCUT2D eigenvalue weighted by Gasteiger charge is 2.26. The van der Waals surface area contributed by atoms with Crippen molar-refractivity contribution in [2.75, 3.05) is 20.2 Å². The summed E-state index contributed by atoms with van der Waals surface area (Å²) >= 11 is 0. The number of carbonyl (C=O) groups excluding carboxylic acids is 1. The van der Waals surface area contributed by atoms with E-state index in [9.17, 15) is 4.79 Å². The number of hydrogen-bond acceptors (Lipinski definition) is 5. The summed E-state index contributed by atoms with van der Waals surface area (Å²) in [5, 5.41) is 0. The van der Waals surface area contributed by atoms with E-state index in [-0.39, 0.29) is 12.0 Å².